The van der Waals surface area contributed by atoms with Crippen molar-refractivity contribution in [2.24, 2.45) is 22.7 Å². The predicted octanol–water partition coefficient (Wildman–Crippen LogP) is 4.30. The lowest BCUT2D eigenvalue weighted by Gasteiger charge is -2.46. The van der Waals surface area contributed by atoms with Crippen LogP contribution in [0.3, 0.4) is 0 Å². The Morgan fingerprint density at radius 2 is 1.65 bits per heavy atom. The summed E-state index contributed by atoms with van der Waals surface area (Å²) < 4.78 is 67.6. The van der Waals surface area contributed by atoms with Gasteiger partial charge in [-0.15, -0.1) is 0 Å². The van der Waals surface area contributed by atoms with E-state index in [1.54, 1.807) is 6.92 Å². The van der Waals surface area contributed by atoms with E-state index in [-0.39, 0.29) is 24.2 Å². The standard InChI is InChI=1S/C26H43F3O8/c1-13(2)12-24(7,23(4,5)6)22(32)35-18-16-17(33-20(18)31)19-21(34-16)37-25(8,36-19)10-9-15(30)11-14(3)26(27,28)29/h13-19,21-22,30,32H,9-12H2,1-8H3. The van der Waals surface area contributed by atoms with Crippen LogP contribution in [-0.4, -0.2) is 71.2 Å². The molecule has 3 saturated heterocycles. The van der Waals surface area contributed by atoms with Gasteiger partial charge in [0.2, 0.25) is 0 Å². The summed E-state index contributed by atoms with van der Waals surface area (Å²) in [4.78, 5) is 12.7. The van der Waals surface area contributed by atoms with Crippen LogP contribution in [0.15, 0.2) is 0 Å². The van der Waals surface area contributed by atoms with E-state index >= 15 is 0 Å². The van der Waals surface area contributed by atoms with E-state index in [9.17, 15) is 28.2 Å². The zero-order valence-electron chi connectivity index (χ0n) is 23.0. The van der Waals surface area contributed by atoms with Gasteiger partial charge >= 0.3 is 12.1 Å². The second-order valence-corrected chi connectivity index (χ2v) is 12.8. The van der Waals surface area contributed by atoms with Crippen molar-refractivity contribution in [3.8, 4) is 0 Å². The lowest BCUT2D eigenvalue weighted by molar-refractivity contribution is -0.257. The molecular formula is C26H43F3O8. The van der Waals surface area contributed by atoms with E-state index in [1.807, 2.05) is 27.7 Å². The second kappa shape index (κ2) is 10.5. The van der Waals surface area contributed by atoms with Crippen LogP contribution in [0.25, 0.3) is 0 Å². The SMILES string of the molecule is CC(C)CC(C)(C(O)OC1C(=O)OC2C3OC(C)(CCC(O)CC(C)C(F)(F)F)OC3OC12)C(C)(C)C. The average molecular weight is 541 g/mol. The van der Waals surface area contributed by atoms with Crippen LogP contribution in [0.5, 0.6) is 0 Å². The third-order valence-electron chi connectivity index (χ3n) is 8.22. The summed E-state index contributed by atoms with van der Waals surface area (Å²) in [5.41, 5.74) is -0.994. The first-order valence-electron chi connectivity index (χ1n) is 13.1. The molecule has 0 aliphatic carbocycles. The first kappa shape index (κ1) is 30.6. The van der Waals surface area contributed by atoms with Gasteiger partial charge in [-0.05, 0) is 37.5 Å². The molecule has 3 fully saturated rings. The minimum atomic E-state index is -4.37. The highest BCUT2D eigenvalue weighted by molar-refractivity contribution is 5.78. The summed E-state index contributed by atoms with van der Waals surface area (Å²) in [5, 5.41) is 21.2. The zero-order valence-corrected chi connectivity index (χ0v) is 23.0. The third kappa shape index (κ3) is 6.44. The summed E-state index contributed by atoms with van der Waals surface area (Å²) in [6, 6.07) is 0. The number of aliphatic hydroxyl groups is 2. The van der Waals surface area contributed by atoms with Crippen molar-refractivity contribution in [2.45, 2.75) is 136 Å². The van der Waals surface area contributed by atoms with E-state index in [1.165, 1.54) is 0 Å². The second-order valence-electron chi connectivity index (χ2n) is 12.8. The maximum atomic E-state index is 12.8. The van der Waals surface area contributed by atoms with Crippen molar-refractivity contribution in [1.29, 1.82) is 0 Å². The number of carbonyl (C=O) groups is 1. The minimum absolute atomic E-state index is 0.0312. The van der Waals surface area contributed by atoms with Gasteiger partial charge in [0.05, 0.1) is 12.0 Å². The summed E-state index contributed by atoms with van der Waals surface area (Å²) in [5.74, 6) is -3.24. The lowest BCUT2D eigenvalue weighted by atomic mass is 9.63. The number of fused-ring (bicyclic) bond motifs is 3. The number of aliphatic hydroxyl groups excluding tert-OH is 2. The Hall–Kier alpha value is -0.980. The summed E-state index contributed by atoms with van der Waals surface area (Å²) in [6.07, 6.45) is -10.9. The van der Waals surface area contributed by atoms with E-state index in [0.29, 0.717) is 6.42 Å². The fourth-order valence-corrected chi connectivity index (χ4v) is 5.40. The molecule has 10 atom stereocenters. The van der Waals surface area contributed by atoms with Crippen LogP contribution in [0.2, 0.25) is 0 Å². The van der Waals surface area contributed by atoms with Gasteiger partial charge in [0, 0.05) is 11.8 Å². The van der Waals surface area contributed by atoms with Crippen molar-refractivity contribution in [2.75, 3.05) is 0 Å². The number of carbonyl (C=O) groups excluding carboxylic acids is 1. The van der Waals surface area contributed by atoms with Gasteiger partial charge < -0.3 is 33.9 Å². The molecule has 0 saturated carbocycles. The van der Waals surface area contributed by atoms with Crippen molar-refractivity contribution < 1.29 is 51.9 Å². The number of halogens is 3. The number of hydrogen-bond donors (Lipinski definition) is 2. The molecule has 2 N–H and O–H groups in total. The molecule has 3 aliphatic rings. The molecule has 216 valence electrons. The maximum Gasteiger partial charge on any atom is 0.391 e. The van der Waals surface area contributed by atoms with Crippen LogP contribution in [0, 0.1) is 22.7 Å². The monoisotopic (exact) mass is 540 g/mol. The maximum absolute atomic E-state index is 12.8. The van der Waals surface area contributed by atoms with E-state index in [0.717, 1.165) is 6.92 Å². The Morgan fingerprint density at radius 1 is 1.03 bits per heavy atom. The average Bonchev–Trinajstić information content (AvgIpc) is 3.32. The molecule has 10 unspecified atom stereocenters. The van der Waals surface area contributed by atoms with Crippen molar-refractivity contribution >= 4 is 5.97 Å². The number of rotatable bonds is 10. The number of alkyl halides is 3. The molecule has 0 radical (unpaired) electrons. The van der Waals surface area contributed by atoms with Gasteiger partial charge in [0.15, 0.2) is 36.7 Å². The van der Waals surface area contributed by atoms with E-state index in [4.69, 9.17) is 23.7 Å². The molecule has 37 heavy (non-hydrogen) atoms. The number of ether oxygens (including phenoxy) is 5. The molecule has 8 nitrogen and oxygen atoms in total. The van der Waals surface area contributed by atoms with Crippen LogP contribution >= 0.6 is 0 Å². The largest absolute Gasteiger partial charge is 0.454 e. The van der Waals surface area contributed by atoms with Crippen molar-refractivity contribution in [3.63, 3.8) is 0 Å². The molecule has 0 aromatic carbocycles. The molecule has 0 bridgehead atoms. The van der Waals surface area contributed by atoms with E-state index in [2.05, 4.69) is 13.8 Å². The first-order chi connectivity index (χ1) is 16.8. The summed E-state index contributed by atoms with van der Waals surface area (Å²) >= 11 is 0. The van der Waals surface area contributed by atoms with Gasteiger partial charge in [0.25, 0.3) is 0 Å². The van der Waals surface area contributed by atoms with Crippen molar-refractivity contribution in [1.82, 2.24) is 0 Å². The Kier molecular flexibility index (Phi) is 8.70. The van der Waals surface area contributed by atoms with E-state index < -0.39 is 78.8 Å². The normalized spacial score (nSPS) is 36.2. The summed E-state index contributed by atoms with van der Waals surface area (Å²) in [6.45, 7) is 14.7. The highest BCUT2D eigenvalue weighted by Gasteiger charge is 2.65. The highest BCUT2D eigenvalue weighted by Crippen LogP contribution is 2.49. The quantitative estimate of drug-likeness (QED) is 0.312. The molecule has 0 amide bonds. The van der Waals surface area contributed by atoms with Crippen LogP contribution in [-0.2, 0) is 28.5 Å². The smallest absolute Gasteiger partial charge is 0.391 e. The van der Waals surface area contributed by atoms with Crippen LogP contribution < -0.4 is 0 Å². The molecule has 3 heterocycles. The van der Waals surface area contributed by atoms with Gasteiger partial charge in [-0.25, -0.2) is 4.79 Å². The third-order valence-corrected chi connectivity index (χ3v) is 8.22. The highest BCUT2D eigenvalue weighted by atomic mass is 19.4. The Balaban J connectivity index is 1.61. The molecular weight excluding hydrogens is 497 g/mol. The molecule has 3 aliphatic heterocycles. The Morgan fingerprint density at radius 3 is 2.19 bits per heavy atom. The fraction of sp³-hybridized carbons (Fsp3) is 0.962. The Bertz CT molecular complexity index is 815. The predicted molar refractivity (Wildman–Crippen MR) is 126 cm³/mol. The van der Waals surface area contributed by atoms with Crippen LogP contribution in [0.1, 0.15) is 81.1 Å². The Labute approximate surface area is 217 Å². The lowest BCUT2D eigenvalue weighted by Crippen LogP contribution is -2.49. The number of hydrogen-bond acceptors (Lipinski definition) is 8. The molecule has 0 spiro atoms. The van der Waals surface area contributed by atoms with Gasteiger partial charge in [0.1, 0.15) is 6.10 Å². The topological polar surface area (TPSA) is 104 Å². The molecule has 11 heteroatoms. The van der Waals surface area contributed by atoms with Gasteiger partial charge in [-0.2, -0.15) is 13.2 Å². The van der Waals surface area contributed by atoms with Crippen LogP contribution in [0.4, 0.5) is 13.2 Å². The fourth-order valence-electron chi connectivity index (χ4n) is 5.40. The molecule has 3 rings (SSSR count). The summed E-state index contributed by atoms with van der Waals surface area (Å²) in [7, 11) is 0. The first-order valence-corrected chi connectivity index (χ1v) is 13.1. The molecule has 0 aromatic rings. The number of esters is 1. The molecule has 0 aromatic heterocycles. The van der Waals surface area contributed by atoms with Crippen molar-refractivity contribution in [3.05, 3.63) is 0 Å². The van der Waals surface area contributed by atoms with Gasteiger partial charge in [-0.1, -0.05) is 48.5 Å². The zero-order chi connectivity index (χ0) is 28.1. The minimum Gasteiger partial charge on any atom is -0.454 e. The van der Waals surface area contributed by atoms with Gasteiger partial charge in [-0.3, -0.25) is 0 Å².